The molecular weight excluding hydrogens is 222 g/mol. The van der Waals surface area contributed by atoms with Crippen LogP contribution in [0.15, 0.2) is 12.1 Å². The van der Waals surface area contributed by atoms with E-state index in [2.05, 4.69) is 4.74 Å². The van der Waals surface area contributed by atoms with E-state index in [4.69, 9.17) is 5.26 Å². The molecule has 0 spiro atoms. The fourth-order valence-corrected chi connectivity index (χ4v) is 1.13. The summed E-state index contributed by atoms with van der Waals surface area (Å²) in [6, 6.07) is 3.68. The maximum absolute atomic E-state index is 12.0. The second-order valence-corrected chi connectivity index (χ2v) is 2.88. The number of benzene rings is 1. The molecule has 1 aromatic rings. The van der Waals surface area contributed by atoms with Crippen molar-refractivity contribution >= 4 is 5.69 Å². The van der Waals surface area contributed by atoms with Crippen LogP contribution < -0.4 is 4.74 Å². The summed E-state index contributed by atoms with van der Waals surface area (Å²) in [6.07, 6.45) is 0. The van der Waals surface area contributed by atoms with Crippen LogP contribution in [0.1, 0.15) is 11.1 Å². The van der Waals surface area contributed by atoms with Crippen molar-refractivity contribution in [2.45, 2.75) is 13.5 Å². The molecule has 0 heterocycles. The van der Waals surface area contributed by atoms with E-state index in [0.29, 0.717) is 5.56 Å². The molecule has 7 heteroatoms. The fraction of sp³-hybridized carbons (Fsp3) is 0.222. The predicted molar refractivity (Wildman–Crippen MR) is 49.2 cm³/mol. The van der Waals surface area contributed by atoms with Gasteiger partial charge in [-0.1, -0.05) is 0 Å². The molecule has 0 saturated heterocycles. The molecule has 0 aromatic heterocycles. The highest BCUT2D eigenvalue weighted by atomic mass is 19.3. The van der Waals surface area contributed by atoms with Gasteiger partial charge in [-0.15, -0.1) is 0 Å². The summed E-state index contributed by atoms with van der Waals surface area (Å²) >= 11 is 0. The Balaban J connectivity index is 3.32. The lowest BCUT2D eigenvalue weighted by Gasteiger charge is -2.06. The molecule has 0 radical (unpaired) electrons. The molecule has 0 aliphatic carbocycles. The number of nitriles is 1. The lowest BCUT2D eigenvalue weighted by atomic mass is 10.1. The number of halogens is 2. The van der Waals surface area contributed by atoms with Crippen molar-refractivity contribution in [3.63, 3.8) is 0 Å². The number of alkyl halides is 2. The Hall–Kier alpha value is -2.23. The van der Waals surface area contributed by atoms with E-state index in [1.165, 1.54) is 6.92 Å². The first kappa shape index (κ1) is 11.8. The van der Waals surface area contributed by atoms with Crippen molar-refractivity contribution in [3.05, 3.63) is 33.4 Å². The number of hydrogen-bond acceptors (Lipinski definition) is 4. The quantitative estimate of drug-likeness (QED) is 0.587. The molecule has 0 N–H and O–H groups in total. The molecule has 84 valence electrons. The molecule has 0 unspecified atom stereocenters. The van der Waals surface area contributed by atoms with Crippen LogP contribution in [0.2, 0.25) is 0 Å². The molecule has 0 aliphatic heterocycles. The van der Waals surface area contributed by atoms with Crippen molar-refractivity contribution in [1.82, 2.24) is 0 Å². The van der Waals surface area contributed by atoms with Crippen molar-refractivity contribution in [2.75, 3.05) is 0 Å². The third kappa shape index (κ3) is 2.42. The monoisotopic (exact) mass is 228 g/mol. The summed E-state index contributed by atoms with van der Waals surface area (Å²) < 4.78 is 27.9. The Kier molecular flexibility index (Phi) is 3.35. The Morgan fingerprint density at radius 1 is 1.56 bits per heavy atom. The summed E-state index contributed by atoms with van der Waals surface area (Å²) in [5.41, 5.74) is -0.200. The van der Waals surface area contributed by atoms with Gasteiger partial charge in [0.15, 0.2) is 0 Å². The second kappa shape index (κ2) is 4.53. The lowest BCUT2D eigenvalue weighted by molar-refractivity contribution is -0.386. The summed E-state index contributed by atoms with van der Waals surface area (Å²) in [4.78, 5) is 9.71. The van der Waals surface area contributed by atoms with Gasteiger partial charge in [-0.05, 0) is 12.5 Å². The van der Waals surface area contributed by atoms with Gasteiger partial charge in [0, 0.05) is 12.1 Å². The normalized spacial score (nSPS) is 9.94. The molecule has 0 fully saturated rings. The first-order chi connectivity index (χ1) is 7.45. The number of ether oxygens (including phenoxy) is 1. The highest BCUT2D eigenvalue weighted by molar-refractivity contribution is 5.55. The Morgan fingerprint density at radius 3 is 2.62 bits per heavy atom. The summed E-state index contributed by atoms with van der Waals surface area (Å²) in [5.74, 6) is -0.609. The lowest BCUT2D eigenvalue weighted by Crippen LogP contribution is -2.05. The summed E-state index contributed by atoms with van der Waals surface area (Å²) in [7, 11) is 0. The molecule has 0 aliphatic rings. The van der Waals surface area contributed by atoms with Crippen LogP contribution in [0.5, 0.6) is 5.75 Å². The molecule has 0 saturated carbocycles. The van der Waals surface area contributed by atoms with Crippen molar-refractivity contribution in [1.29, 1.82) is 5.26 Å². The van der Waals surface area contributed by atoms with E-state index in [9.17, 15) is 18.9 Å². The van der Waals surface area contributed by atoms with Gasteiger partial charge >= 0.3 is 12.3 Å². The molecule has 0 atom stereocenters. The van der Waals surface area contributed by atoms with Gasteiger partial charge < -0.3 is 4.74 Å². The number of hydrogen-bond donors (Lipinski definition) is 0. The zero-order valence-corrected chi connectivity index (χ0v) is 8.11. The van der Waals surface area contributed by atoms with Gasteiger partial charge in [0.2, 0.25) is 5.75 Å². The molecule has 16 heavy (non-hydrogen) atoms. The minimum absolute atomic E-state index is 0.0567. The molecule has 0 bridgehead atoms. The Morgan fingerprint density at radius 2 is 2.19 bits per heavy atom. The highest BCUT2D eigenvalue weighted by Crippen LogP contribution is 2.31. The molecule has 5 nitrogen and oxygen atoms in total. The second-order valence-electron chi connectivity index (χ2n) is 2.88. The van der Waals surface area contributed by atoms with Crippen LogP contribution in [0.3, 0.4) is 0 Å². The molecule has 1 rings (SSSR count). The largest absolute Gasteiger partial charge is 0.427 e. The van der Waals surface area contributed by atoms with Crippen LogP contribution >= 0.6 is 0 Å². The third-order valence-corrected chi connectivity index (χ3v) is 1.84. The number of nitrogens with zero attached hydrogens (tertiary/aromatic N) is 2. The van der Waals surface area contributed by atoms with Crippen LogP contribution in [-0.2, 0) is 0 Å². The van der Waals surface area contributed by atoms with Crippen LogP contribution in [0.4, 0.5) is 14.5 Å². The SMILES string of the molecule is Cc1cc([N+](=O)[O-])c(OC(F)F)cc1C#N. The minimum atomic E-state index is -3.17. The number of aryl methyl sites for hydroxylation is 1. The fourth-order valence-electron chi connectivity index (χ4n) is 1.13. The number of rotatable bonds is 3. The van der Waals surface area contributed by atoms with E-state index in [-0.39, 0.29) is 5.56 Å². The van der Waals surface area contributed by atoms with E-state index in [0.717, 1.165) is 12.1 Å². The zero-order valence-electron chi connectivity index (χ0n) is 8.11. The Labute approximate surface area is 89.0 Å². The molecule has 1 aromatic carbocycles. The van der Waals surface area contributed by atoms with E-state index in [1.54, 1.807) is 6.07 Å². The Bertz CT molecular complexity index is 469. The first-order valence-electron chi connectivity index (χ1n) is 4.09. The van der Waals surface area contributed by atoms with Crippen LogP contribution in [-0.4, -0.2) is 11.5 Å². The highest BCUT2D eigenvalue weighted by Gasteiger charge is 2.20. The minimum Gasteiger partial charge on any atom is -0.427 e. The number of nitro groups is 1. The van der Waals surface area contributed by atoms with E-state index in [1.807, 2.05) is 0 Å². The van der Waals surface area contributed by atoms with E-state index < -0.39 is 23.0 Å². The first-order valence-corrected chi connectivity index (χ1v) is 4.09. The predicted octanol–water partition coefficient (Wildman–Crippen LogP) is 2.38. The van der Waals surface area contributed by atoms with Crippen LogP contribution in [0, 0.1) is 28.4 Å². The number of nitro benzene ring substituents is 1. The topological polar surface area (TPSA) is 76.2 Å². The maximum atomic E-state index is 12.0. The van der Waals surface area contributed by atoms with Crippen molar-refractivity contribution in [3.8, 4) is 11.8 Å². The smallest absolute Gasteiger partial charge is 0.387 e. The van der Waals surface area contributed by atoms with Crippen LogP contribution in [0.25, 0.3) is 0 Å². The van der Waals surface area contributed by atoms with Gasteiger partial charge in [-0.2, -0.15) is 14.0 Å². The van der Waals surface area contributed by atoms with Gasteiger partial charge in [-0.25, -0.2) is 0 Å². The third-order valence-electron chi connectivity index (χ3n) is 1.84. The van der Waals surface area contributed by atoms with Crippen molar-refractivity contribution < 1.29 is 18.4 Å². The maximum Gasteiger partial charge on any atom is 0.387 e. The standard InChI is InChI=1S/C9H6F2N2O3/c1-5-2-7(13(14)15)8(16-9(10)11)3-6(5)4-12/h2-3,9H,1H3. The summed E-state index contributed by atoms with van der Waals surface area (Å²) in [5, 5.41) is 19.2. The van der Waals surface area contributed by atoms with Gasteiger partial charge in [-0.3, -0.25) is 10.1 Å². The van der Waals surface area contributed by atoms with Gasteiger partial charge in [0.1, 0.15) is 0 Å². The van der Waals surface area contributed by atoms with Gasteiger partial charge in [0.25, 0.3) is 0 Å². The average Bonchev–Trinajstić information content (AvgIpc) is 2.19. The molecule has 0 amide bonds. The van der Waals surface area contributed by atoms with Gasteiger partial charge in [0.05, 0.1) is 16.6 Å². The zero-order chi connectivity index (χ0) is 12.3. The van der Waals surface area contributed by atoms with E-state index >= 15 is 0 Å². The average molecular weight is 228 g/mol. The van der Waals surface area contributed by atoms with Crippen molar-refractivity contribution in [2.24, 2.45) is 0 Å². The molecular formula is C9H6F2N2O3. The summed E-state index contributed by atoms with van der Waals surface area (Å²) in [6.45, 7) is -1.70.